The van der Waals surface area contributed by atoms with Gasteiger partial charge in [-0.15, -0.1) is 0 Å². The zero-order valence-corrected chi connectivity index (χ0v) is 12.1. The molecular weight excluding hydrogens is 243 g/mol. The minimum Gasteiger partial charge on any atom is -0.375 e. The number of nitrogens with two attached hydrogens (primary N) is 1. The first-order valence-corrected chi connectivity index (χ1v) is 6.64. The predicted octanol–water partition coefficient (Wildman–Crippen LogP) is 2.91. The Morgan fingerprint density at radius 1 is 1.21 bits per heavy atom. The zero-order valence-electron chi connectivity index (χ0n) is 12.1. The second kappa shape index (κ2) is 4.46. The van der Waals surface area contributed by atoms with Gasteiger partial charge in [-0.3, -0.25) is 0 Å². The minimum atomic E-state index is -0.389. The largest absolute Gasteiger partial charge is 0.375 e. The van der Waals surface area contributed by atoms with Crippen LogP contribution in [0.15, 0.2) is 24.3 Å². The summed E-state index contributed by atoms with van der Waals surface area (Å²) in [5, 5.41) is 3.46. The lowest BCUT2D eigenvalue weighted by Crippen LogP contribution is -2.57. The molecule has 0 aliphatic carbocycles. The average molecular weight is 266 g/mol. The van der Waals surface area contributed by atoms with E-state index in [0.717, 1.165) is 12.1 Å². The summed E-state index contributed by atoms with van der Waals surface area (Å²) in [5.74, 6) is -0.241. The molecule has 0 bridgehead atoms. The van der Waals surface area contributed by atoms with E-state index in [0.29, 0.717) is 6.54 Å². The van der Waals surface area contributed by atoms with Crippen molar-refractivity contribution in [1.82, 2.24) is 0 Å². The lowest BCUT2D eigenvalue weighted by Gasteiger charge is -2.40. The fourth-order valence-electron chi connectivity index (χ4n) is 3.14. The highest BCUT2D eigenvalue weighted by Gasteiger charge is 2.56. The Labute approximate surface area is 114 Å². The van der Waals surface area contributed by atoms with Crippen LogP contribution < -0.4 is 11.1 Å². The lowest BCUT2D eigenvalue weighted by atomic mass is 9.78. The maximum atomic E-state index is 13.0. The quantitative estimate of drug-likeness (QED) is 0.884. The SMILES string of the molecule is CC1(C)CC(CN)(Nc2ccc(F)cc2)C(C)(C)O1. The van der Waals surface area contributed by atoms with E-state index in [4.69, 9.17) is 10.5 Å². The number of anilines is 1. The molecule has 1 fully saturated rings. The number of nitrogens with one attached hydrogen (secondary N) is 1. The molecule has 3 N–H and O–H groups in total. The summed E-state index contributed by atoms with van der Waals surface area (Å²) >= 11 is 0. The predicted molar refractivity (Wildman–Crippen MR) is 75.7 cm³/mol. The van der Waals surface area contributed by atoms with Crippen molar-refractivity contribution in [2.75, 3.05) is 11.9 Å². The summed E-state index contributed by atoms with van der Waals surface area (Å²) in [6.45, 7) is 8.69. The van der Waals surface area contributed by atoms with Gasteiger partial charge in [-0.05, 0) is 52.0 Å². The monoisotopic (exact) mass is 266 g/mol. The van der Waals surface area contributed by atoms with E-state index < -0.39 is 0 Å². The van der Waals surface area contributed by atoms with Crippen LogP contribution in [0.3, 0.4) is 0 Å². The number of rotatable bonds is 3. The van der Waals surface area contributed by atoms with Gasteiger partial charge in [0.05, 0.1) is 16.7 Å². The molecule has 3 nitrogen and oxygen atoms in total. The van der Waals surface area contributed by atoms with E-state index in [2.05, 4.69) is 19.2 Å². The Morgan fingerprint density at radius 3 is 2.21 bits per heavy atom. The first-order chi connectivity index (χ1) is 8.70. The van der Waals surface area contributed by atoms with Gasteiger partial charge in [-0.1, -0.05) is 0 Å². The fourth-order valence-corrected chi connectivity index (χ4v) is 3.14. The Bertz CT molecular complexity index is 456. The third kappa shape index (κ3) is 2.60. The maximum Gasteiger partial charge on any atom is 0.123 e. The highest BCUT2D eigenvalue weighted by Crippen LogP contribution is 2.46. The van der Waals surface area contributed by atoms with E-state index in [1.807, 2.05) is 13.8 Å². The van der Waals surface area contributed by atoms with E-state index in [1.54, 1.807) is 12.1 Å². The average Bonchev–Trinajstić information content (AvgIpc) is 2.47. The first-order valence-electron chi connectivity index (χ1n) is 6.64. The normalized spacial score (nSPS) is 28.3. The molecule has 1 aliphatic heterocycles. The van der Waals surface area contributed by atoms with E-state index in [-0.39, 0.29) is 22.6 Å². The smallest absolute Gasteiger partial charge is 0.123 e. The Hall–Kier alpha value is -1.13. The molecule has 0 amide bonds. The standard InChI is InChI=1S/C15H23FN2O/c1-13(2)9-15(10-17,14(3,4)19-13)18-12-7-5-11(16)6-8-12/h5-8,18H,9-10,17H2,1-4H3. The minimum absolute atomic E-state index is 0.226. The second-order valence-corrected chi connectivity index (χ2v) is 6.47. The van der Waals surface area contributed by atoms with Crippen LogP contribution >= 0.6 is 0 Å². The second-order valence-electron chi connectivity index (χ2n) is 6.47. The van der Waals surface area contributed by atoms with Crippen LogP contribution in [-0.2, 0) is 4.74 Å². The van der Waals surface area contributed by atoms with Crippen molar-refractivity contribution in [3.05, 3.63) is 30.1 Å². The third-order valence-electron chi connectivity index (χ3n) is 3.99. The lowest BCUT2D eigenvalue weighted by molar-refractivity contribution is -0.0753. The molecule has 1 aliphatic rings. The van der Waals surface area contributed by atoms with Crippen molar-refractivity contribution in [2.24, 2.45) is 5.73 Å². The van der Waals surface area contributed by atoms with Crippen LogP contribution in [0.2, 0.25) is 0 Å². The van der Waals surface area contributed by atoms with Crippen LogP contribution in [0.5, 0.6) is 0 Å². The maximum absolute atomic E-state index is 13.0. The van der Waals surface area contributed by atoms with Gasteiger partial charge in [0.25, 0.3) is 0 Å². The summed E-state index contributed by atoms with van der Waals surface area (Å²) in [6, 6.07) is 6.35. The molecule has 106 valence electrons. The van der Waals surface area contributed by atoms with Crippen molar-refractivity contribution in [1.29, 1.82) is 0 Å². The molecule has 1 heterocycles. The molecule has 1 unspecified atom stereocenters. The Kier molecular flexibility index (Phi) is 3.35. The molecular formula is C15H23FN2O. The summed E-state index contributed by atoms with van der Waals surface area (Å²) in [5.41, 5.74) is 5.92. The Balaban J connectivity index is 2.30. The van der Waals surface area contributed by atoms with E-state index in [9.17, 15) is 4.39 Å². The molecule has 1 aromatic rings. The van der Waals surface area contributed by atoms with Gasteiger partial charge in [0.15, 0.2) is 0 Å². The van der Waals surface area contributed by atoms with Gasteiger partial charge < -0.3 is 15.8 Å². The first kappa shape index (κ1) is 14.3. The zero-order chi connectivity index (χ0) is 14.3. The number of hydrogen-bond donors (Lipinski definition) is 2. The topological polar surface area (TPSA) is 47.3 Å². The molecule has 1 atom stereocenters. The van der Waals surface area contributed by atoms with Crippen LogP contribution in [0.4, 0.5) is 10.1 Å². The number of halogens is 1. The van der Waals surface area contributed by atoms with Crippen molar-refractivity contribution < 1.29 is 9.13 Å². The fraction of sp³-hybridized carbons (Fsp3) is 0.600. The molecule has 2 rings (SSSR count). The van der Waals surface area contributed by atoms with Gasteiger partial charge in [0.1, 0.15) is 5.82 Å². The van der Waals surface area contributed by atoms with Crippen LogP contribution in [0.25, 0.3) is 0 Å². The van der Waals surface area contributed by atoms with E-state index >= 15 is 0 Å². The molecule has 1 aromatic carbocycles. The summed E-state index contributed by atoms with van der Waals surface area (Å²) < 4.78 is 19.1. The number of ether oxygens (including phenoxy) is 1. The van der Waals surface area contributed by atoms with Crippen LogP contribution in [0, 0.1) is 5.82 Å². The van der Waals surface area contributed by atoms with Gasteiger partial charge in [-0.2, -0.15) is 0 Å². The van der Waals surface area contributed by atoms with Crippen LogP contribution in [0.1, 0.15) is 34.1 Å². The van der Waals surface area contributed by atoms with Crippen molar-refractivity contribution in [3.8, 4) is 0 Å². The van der Waals surface area contributed by atoms with Gasteiger partial charge in [-0.25, -0.2) is 4.39 Å². The Morgan fingerprint density at radius 2 is 1.79 bits per heavy atom. The van der Waals surface area contributed by atoms with E-state index in [1.165, 1.54) is 12.1 Å². The highest BCUT2D eigenvalue weighted by molar-refractivity contribution is 5.47. The van der Waals surface area contributed by atoms with Crippen LogP contribution in [-0.4, -0.2) is 23.3 Å². The molecule has 4 heteroatoms. The molecule has 1 saturated heterocycles. The highest BCUT2D eigenvalue weighted by atomic mass is 19.1. The summed E-state index contributed by atoms with van der Waals surface area (Å²) in [6.07, 6.45) is 0.806. The third-order valence-corrected chi connectivity index (χ3v) is 3.99. The summed E-state index contributed by atoms with van der Waals surface area (Å²) in [7, 11) is 0. The molecule has 0 radical (unpaired) electrons. The molecule has 0 spiro atoms. The van der Waals surface area contributed by atoms with Crippen molar-refractivity contribution in [2.45, 2.75) is 50.9 Å². The molecule has 0 aromatic heterocycles. The molecule has 0 saturated carbocycles. The van der Waals surface area contributed by atoms with Crippen molar-refractivity contribution >= 4 is 5.69 Å². The van der Waals surface area contributed by atoms with Gasteiger partial charge in [0, 0.05) is 18.7 Å². The molecule has 19 heavy (non-hydrogen) atoms. The number of hydrogen-bond acceptors (Lipinski definition) is 3. The summed E-state index contributed by atoms with van der Waals surface area (Å²) in [4.78, 5) is 0. The van der Waals surface area contributed by atoms with Crippen molar-refractivity contribution in [3.63, 3.8) is 0 Å². The van der Waals surface area contributed by atoms with Gasteiger partial charge >= 0.3 is 0 Å². The van der Waals surface area contributed by atoms with Gasteiger partial charge in [0.2, 0.25) is 0 Å². The number of benzene rings is 1.